The van der Waals surface area contributed by atoms with Crippen molar-refractivity contribution < 1.29 is 23.4 Å². The largest absolute Gasteiger partial charge is 0.481 e. The number of fused-ring (bicyclic) bond motifs is 3. The lowest BCUT2D eigenvalue weighted by molar-refractivity contribution is 0.100. The molecule has 180 valence electrons. The quantitative estimate of drug-likeness (QED) is 0.494. The molecule has 1 aromatic carbocycles. The normalized spacial score (nSPS) is 21.9. The van der Waals surface area contributed by atoms with Gasteiger partial charge in [-0.15, -0.1) is 0 Å². The van der Waals surface area contributed by atoms with Crippen LogP contribution in [0.2, 0.25) is 0 Å². The van der Waals surface area contributed by atoms with Gasteiger partial charge in [0, 0.05) is 31.3 Å². The molecule has 4 heterocycles. The molecule has 1 saturated heterocycles. The van der Waals surface area contributed by atoms with Crippen LogP contribution in [0.4, 0.5) is 8.78 Å². The number of aliphatic hydroxyl groups is 1. The number of nitrogens with two attached hydrogens (primary N) is 1. The molecular weight excluding hydrogens is 462 g/mol. The molecule has 1 fully saturated rings. The highest BCUT2D eigenvalue weighted by Gasteiger charge is 2.39. The smallest absolute Gasteiger partial charge is 0.259 e. The number of nitrogens with one attached hydrogen (secondary N) is 1. The fraction of sp³-hybridized carbons (Fsp3) is 0.417. The monoisotopic (exact) mass is 488 g/mol. The van der Waals surface area contributed by atoms with Gasteiger partial charge in [0.05, 0.1) is 22.7 Å². The molecular formula is C24H26F2N4O3S. The molecule has 0 spiro atoms. The second-order valence-corrected chi connectivity index (χ2v) is 9.74. The van der Waals surface area contributed by atoms with E-state index in [1.54, 1.807) is 12.3 Å². The van der Waals surface area contributed by atoms with Gasteiger partial charge in [-0.1, -0.05) is 17.4 Å². The number of carbonyl (C=O) groups excluding carboxylic acids is 1. The summed E-state index contributed by atoms with van der Waals surface area (Å²) in [6, 6.07) is 5.99. The number of benzene rings is 1. The number of aromatic nitrogens is 2. The van der Waals surface area contributed by atoms with Crippen LogP contribution in [0.1, 0.15) is 51.9 Å². The van der Waals surface area contributed by atoms with E-state index in [4.69, 9.17) is 10.5 Å². The molecule has 1 amide bonds. The van der Waals surface area contributed by atoms with Crippen molar-refractivity contribution in [2.75, 3.05) is 19.8 Å². The van der Waals surface area contributed by atoms with Crippen LogP contribution >= 0.6 is 11.3 Å². The zero-order valence-corrected chi connectivity index (χ0v) is 19.3. The Morgan fingerprint density at radius 1 is 1.29 bits per heavy atom. The molecule has 2 aliphatic heterocycles. The number of hydrogen-bond acceptors (Lipinski definition) is 6. The van der Waals surface area contributed by atoms with Crippen LogP contribution in [0.15, 0.2) is 30.5 Å². The van der Waals surface area contributed by atoms with E-state index in [1.807, 2.05) is 10.7 Å². The number of piperidine rings is 1. The van der Waals surface area contributed by atoms with Crippen molar-refractivity contribution in [2.45, 2.75) is 43.7 Å². The van der Waals surface area contributed by atoms with Crippen LogP contribution in [0, 0.1) is 11.6 Å². The fourth-order valence-corrected chi connectivity index (χ4v) is 6.32. The van der Waals surface area contributed by atoms with Gasteiger partial charge in [-0.3, -0.25) is 9.48 Å². The van der Waals surface area contributed by atoms with Crippen LogP contribution in [-0.2, 0) is 6.54 Å². The number of thiophene rings is 1. The fourth-order valence-electron chi connectivity index (χ4n) is 5.21. The highest BCUT2D eigenvalue weighted by atomic mass is 32.1. The van der Waals surface area contributed by atoms with E-state index in [2.05, 4.69) is 10.4 Å². The third kappa shape index (κ3) is 4.10. The average Bonchev–Trinajstić information content (AvgIpc) is 3.40. The summed E-state index contributed by atoms with van der Waals surface area (Å²) in [6.07, 6.45) is 3.75. The first-order valence-corrected chi connectivity index (χ1v) is 12.2. The first-order chi connectivity index (χ1) is 16.5. The second kappa shape index (κ2) is 9.44. The van der Waals surface area contributed by atoms with Gasteiger partial charge in [0.1, 0.15) is 6.61 Å². The zero-order chi connectivity index (χ0) is 23.8. The van der Waals surface area contributed by atoms with Crippen LogP contribution in [0.3, 0.4) is 0 Å². The molecule has 3 aromatic rings. The molecule has 10 heteroatoms. The number of aliphatic hydroxyl groups excluding tert-OH is 1. The van der Waals surface area contributed by atoms with Crippen molar-refractivity contribution in [3.63, 3.8) is 0 Å². The third-order valence-electron chi connectivity index (χ3n) is 6.75. The van der Waals surface area contributed by atoms with E-state index in [1.165, 1.54) is 17.4 Å². The molecule has 0 saturated carbocycles. The summed E-state index contributed by atoms with van der Waals surface area (Å²) < 4.78 is 35.9. The van der Waals surface area contributed by atoms with Gasteiger partial charge in [0.25, 0.3) is 5.91 Å². The molecule has 0 aliphatic carbocycles. The van der Waals surface area contributed by atoms with E-state index >= 15 is 0 Å². The number of rotatable bonds is 6. The van der Waals surface area contributed by atoms with Crippen molar-refractivity contribution in [2.24, 2.45) is 5.73 Å². The predicted molar refractivity (Wildman–Crippen MR) is 124 cm³/mol. The van der Waals surface area contributed by atoms with E-state index in [9.17, 15) is 18.7 Å². The Balaban J connectivity index is 1.65. The van der Waals surface area contributed by atoms with Gasteiger partial charge in [-0.05, 0) is 54.5 Å². The summed E-state index contributed by atoms with van der Waals surface area (Å²) in [5, 5.41) is 17.8. The third-order valence-corrected chi connectivity index (χ3v) is 7.88. The maximum Gasteiger partial charge on any atom is 0.259 e. The maximum absolute atomic E-state index is 14.3. The first-order valence-electron chi connectivity index (χ1n) is 11.4. The second-order valence-electron chi connectivity index (χ2n) is 8.75. The molecule has 0 bridgehead atoms. The molecule has 3 atom stereocenters. The van der Waals surface area contributed by atoms with Gasteiger partial charge >= 0.3 is 0 Å². The molecule has 34 heavy (non-hydrogen) atoms. The Labute approximate surface area is 199 Å². The number of ether oxygens (including phenoxy) is 1. The lowest BCUT2D eigenvalue weighted by Gasteiger charge is -2.38. The number of nitrogens with zero attached hydrogens (tertiary/aromatic N) is 2. The Bertz CT molecular complexity index is 1210. The van der Waals surface area contributed by atoms with Crippen LogP contribution < -0.4 is 15.8 Å². The minimum Gasteiger partial charge on any atom is -0.481 e. The van der Waals surface area contributed by atoms with Gasteiger partial charge in [0.2, 0.25) is 0 Å². The minimum absolute atomic E-state index is 0.0860. The minimum atomic E-state index is -0.901. The Morgan fingerprint density at radius 3 is 2.91 bits per heavy atom. The summed E-state index contributed by atoms with van der Waals surface area (Å²) >= 11 is 1.23. The van der Waals surface area contributed by atoms with E-state index in [0.717, 1.165) is 29.3 Å². The standard InChI is InChI=1S/C24H26F2N4O3S/c25-17-4-3-13(10-18(17)26)15-11-14(2-1-8-31)28-12-16(15)20-21-19-5-6-29-30(19)7-9-33-24(21)34-22(20)23(27)32/h3-6,10,14-16,28,31H,1-2,7-9,11-12H2,(H2,27,32)/t14-,15-,16+/m1/s1. The van der Waals surface area contributed by atoms with Crippen molar-refractivity contribution in [3.8, 4) is 16.3 Å². The number of primary amides is 1. The van der Waals surface area contributed by atoms with Gasteiger partial charge in [-0.25, -0.2) is 8.78 Å². The van der Waals surface area contributed by atoms with Gasteiger partial charge < -0.3 is 20.9 Å². The topological polar surface area (TPSA) is 102 Å². The number of halogens is 2. The highest BCUT2D eigenvalue weighted by molar-refractivity contribution is 7.16. The predicted octanol–water partition coefficient (Wildman–Crippen LogP) is 3.38. The summed E-state index contributed by atoms with van der Waals surface area (Å²) in [6.45, 7) is 1.59. The van der Waals surface area contributed by atoms with Gasteiger partial charge in [-0.2, -0.15) is 5.10 Å². The molecule has 4 N–H and O–H groups in total. The molecule has 0 radical (unpaired) electrons. The van der Waals surface area contributed by atoms with Crippen LogP contribution in [-0.4, -0.2) is 46.6 Å². The molecule has 0 unspecified atom stereocenters. The van der Waals surface area contributed by atoms with Gasteiger partial charge in [0.15, 0.2) is 16.7 Å². The van der Waals surface area contributed by atoms with E-state index < -0.39 is 17.5 Å². The van der Waals surface area contributed by atoms with Crippen LogP contribution in [0.25, 0.3) is 11.3 Å². The SMILES string of the molecule is NC(=O)c1sc2c(c1[C@H]1CN[C@H](CCCO)C[C@@H]1c1ccc(F)c(F)c1)-c1ccnn1CCO2. The Kier molecular flexibility index (Phi) is 6.37. The molecule has 5 rings (SSSR count). The number of amides is 1. The Hall–Kier alpha value is -2.82. The average molecular weight is 489 g/mol. The number of carbonyl (C=O) groups is 1. The number of hydrogen-bond donors (Lipinski definition) is 3. The summed E-state index contributed by atoms with van der Waals surface area (Å²) in [5.74, 6) is -2.78. The zero-order valence-electron chi connectivity index (χ0n) is 18.5. The highest BCUT2D eigenvalue weighted by Crippen LogP contribution is 2.51. The lowest BCUT2D eigenvalue weighted by atomic mass is 9.73. The summed E-state index contributed by atoms with van der Waals surface area (Å²) in [7, 11) is 0. The van der Waals surface area contributed by atoms with Crippen molar-refractivity contribution in [1.82, 2.24) is 15.1 Å². The molecule has 7 nitrogen and oxygen atoms in total. The summed E-state index contributed by atoms with van der Waals surface area (Å²) in [5.41, 5.74) is 8.89. The van der Waals surface area contributed by atoms with Crippen molar-refractivity contribution in [1.29, 1.82) is 0 Å². The van der Waals surface area contributed by atoms with Crippen molar-refractivity contribution >= 4 is 17.2 Å². The first kappa shape index (κ1) is 22.9. The summed E-state index contributed by atoms with van der Waals surface area (Å²) in [4.78, 5) is 13.0. The van der Waals surface area contributed by atoms with E-state index in [0.29, 0.717) is 48.0 Å². The lowest BCUT2D eigenvalue weighted by Crippen LogP contribution is -2.42. The van der Waals surface area contributed by atoms with Crippen LogP contribution in [0.5, 0.6) is 5.06 Å². The van der Waals surface area contributed by atoms with E-state index in [-0.39, 0.29) is 24.5 Å². The molecule has 2 aromatic heterocycles. The van der Waals surface area contributed by atoms with Crippen molar-refractivity contribution in [3.05, 3.63) is 58.1 Å². The molecule has 2 aliphatic rings. The Morgan fingerprint density at radius 2 is 2.15 bits per heavy atom. The maximum atomic E-state index is 14.3.